The zero-order valence-corrected chi connectivity index (χ0v) is 14.2. The average molecular weight is 350 g/mol. The molecule has 5 rings (SSSR count). The van der Waals surface area contributed by atoms with E-state index in [1.54, 1.807) is 36.5 Å². The number of hydrogen-bond acceptors (Lipinski definition) is 5. The molecular formula is C19H14N2O3S. The van der Waals surface area contributed by atoms with E-state index in [4.69, 9.17) is 4.74 Å². The van der Waals surface area contributed by atoms with Crippen LogP contribution in [0.2, 0.25) is 0 Å². The zero-order chi connectivity index (χ0) is 17.2. The van der Waals surface area contributed by atoms with Crippen LogP contribution in [0.3, 0.4) is 0 Å². The summed E-state index contributed by atoms with van der Waals surface area (Å²) >= 11 is 0. The van der Waals surface area contributed by atoms with Crippen LogP contribution in [0.4, 0.5) is 17.2 Å². The molecule has 0 aliphatic carbocycles. The van der Waals surface area contributed by atoms with Crippen LogP contribution in [0.15, 0.2) is 64.5 Å². The lowest BCUT2D eigenvalue weighted by molar-refractivity contribution is 0.471. The van der Waals surface area contributed by atoms with Crippen molar-refractivity contribution in [2.45, 2.75) is 23.1 Å². The maximum absolute atomic E-state index is 13.1. The number of hydrogen-bond donors (Lipinski definition) is 0. The molecule has 0 saturated carbocycles. The Morgan fingerprint density at radius 3 is 2.72 bits per heavy atom. The van der Waals surface area contributed by atoms with Gasteiger partial charge in [0.25, 0.3) is 0 Å². The number of fused-ring (bicyclic) bond motifs is 4. The molecule has 3 heterocycles. The van der Waals surface area contributed by atoms with Gasteiger partial charge in [0.05, 0.1) is 15.5 Å². The molecule has 1 aromatic heterocycles. The Labute approximate surface area is 145 Å². The summed E-state index contributed by atoms with van der Waals surface area (Å²) in [5.41, 5.74) is 2.23. The zero-order valence-electron chi connectivity index (χ0n) is 13.4. The van der Waals surface area contributed by atoms with Gasteiger partial charge in [0.1, 0.15) is 5.69 Å². The fourth-order valence-electron chi connectivity index (χ4n) is 3.41. The van der Waals surface area contributed by atoms with Crippen molar-refractivity contribution in [3.05, 3.63) is 60.3 Å². The summed E-state index contributed by atoms with van der Waals surface area (Å²) in [5, 5.41) is 0. The second-order valence-electron chi connectivity index (χ2n) is 6.02. The van der Waals surface area contributed by atoms with Gasteiger partial charge in [0.15, 0.2) is 17.3 Å². The quantitative estimate of drug-likeness (QED) is 0.449. The molecule has 0 saturated heterocycles. The molecular weight excluding hydrogens is 336 g/mol. The van der Waals surface area contributed by atoms with E-state index < -0.39 is 9.84 Å². The van der Waals surface area contributed by atoms with Crippen LogP contribution in [0.5, 0.6) is 11.5 Å². The Morgan fingerprint density at radius 2 is 1.88 bits per heavy atom. The van der Waals surface area contributed by atoms with E-state index in [9.17, 15) is 8.42 Å². The van der Waals surface area contributed by atoms with Gasteiger partial charge >= 0.3 is 0 Å². The van der Waals surface area contributed by atoms with Crippen molar-refractivity contribution < 1.29 is 13.2 Å². The van der Waals surface area contributed by atoms with Crippen molar-refractivity contribution in [2.75, 3.05) is 4.90 Å². The van der Waals surface area contributed by atoms with E-state index in [0.29, 0.717) is 33.6 Å². The normalized spacial score (nSPS) is 15.6. The summed E-state index contributed by atoms with van der Waals surface area (Å²) in [6, 6.07) is 14.2. The number of rotatable bonds is 1. The summed E-state index contributed by atoms with van der Waals surface area (Å²) < 4.78 is 32.2. The van der Waals surface area contributed by atoms with Crippen LogP contribution < -0.4 is 9.64 Å². The molecule has 2 aliphatic heterocycles. The number of nitrogens with zero attached hydrogens (tertiary/aromatic N) is 2. The minimum Gasteiger partial charge on any atom is -0.451 e. The topological polar surface area (TPSA) is 59.5 Å². The van der Waals surface area contributed by atoms with Crippen molar-refractivity contribution in [3.63, 3.8) is 0 Å². The third kappa shape index (κ3) is 1.83. The summed E-state index contributed by atoms with van der Waals surface area (Å²) in [6.45, 7) is 2.05. The fourth-order valence-corrected chi connectivity index (χ4v) is 5.03. The molecule has 0 fully saturated rings. The molecule has 25 heavy (non-hydrogen) atoms. The number of benzene rings is 2. The molecule has 0 amide bonds. The van der Waals surface area contributed by atoms with Crippen molar-refractivity contribution >= 4 is 27.0 Å². The summed E-state index contributed by atoms with van der Waals surface area (Å²) in [5.74, 6) is 1.74. The van der Waals surface area contributed by atoms with E-state index in [1.165, 1.54) is 0 Å². The van der Waals surface area contributed by atoms with E-state index in [2.05, 4.69) is 4.98 Å². The first-order valence-corrected chi connectivity index (χ1v) is 9.53. The van der Waals surface area contributed by atoms with Gasteiger partial charge in [-0.15, -0.1) is 0 Å². The predicted octanol–water partition coefficient (Wildman–Crippen LogP) is 4.37. The van der Waals surface area contributed by atoms with Crippen LogP contribution in [0.1, 0.15) is 12.5 Å². The Bertz CT molecular complexity index is 1140. The van der Waals surface area contributed by atoms with Gasteiger partial charge in [0.2, 0.25) is 9.84 Å². The van der Waals surface area contributed by atoms with Crippen molar-refractivity contribution in [1.29, 1.82) is 0 Å². The van der Waals surface area contributed by atoms with Crippen LogP contribution >= 0.6 is 0 Å². The number of aromatic nitrogens is 1. The molecule has 0 spiro atoms. The molecule has 0 radical (unpaired) electrons. The first kappa shape index (κ1) is 14.5. The lowest BCUT2D eigenvalue weighted by Gasteiger charge is -2.37. The standard InChI is InChI=1S/C19H14N2O3S/c1-2-12-8-9-16-13(11-12)21-18-14(5-3-7-17(18)25(16,22)23)24-15-6-4-10-20-19(15)21/h3-11H,2H2,1H3. The minimum atomic E-state index is -3.61. The summed E-state index contributed by atoms with van der Waals surface area (Å²) in [6.07, 6.45) is 2.50. The van der Waals surface area contributed by atoms with Gasteiger partial charge < -0.3 is 4.74 Å². The minimum absolute atomic E-state index is 0.248. The van der Waals surface area contributed by atoms with Crippen LogP contribution in [0, 0.1) is 0 Å². The number of aryl methyl sites for hydroxylation is 1. The third-order valence-electron chi connectivity index (χ3n) is 4.62. The highest BCUT2D eigenvalue weighted by molar-refractivity contribution is 7.92. The van der Waals surface area contributed by atoms with Crippen LogP contribution in [0.25, 0.3) is 0 Å². The number of pyridine rings is 1. The van der Waals surface area contributed by atoms with Gasteiger partial charge in [0, 0.05) is 6.20 Å². The Morgan fingerprint density at radius 1 is 1.04 bits per heavy atom. The van der Waals surface area contributed by atoms with E-state index >= 15 is 0 Å². The molecule has 2 aromatic carbocycles. The van der Waals surface area contributed by atoms with Gasteiger partial charge in [-0.25, -0.2) is 13.4 Å². The summed E-state index contributed by atoms with van der Waals surface area (Å²) in [7, 11) is -3.61. The van der Waals surface area contributed by atoms with Crippen molar-refractivity contribution in [2.24, 2.45) is 0 Å². The van der Waals surface area contributed by atoms with Gasteiger partial charge in [-0.3, -0.25) is 4.90 Å². The fraction of sp³-hybridized carbons (Fsp3) is 0.105. The molecule has 0 N–H and O–H groups in total. The van der Waals surface area contributed by atoms with Crippen molar-refractivity contribution in [1.82, 2.24) is 4.98 Å². The maximum Gasteiger partial charge on any atom is 0.210 e. The molecule has 0 atom stereocenters. The smallest absolute Gasteiger partial charge is 0.210 e. The predicted molar refractivity (Wildman–Crippen MR) is 93.8 cm³/mol. The van der Waals surface area contributed by atoms with E-state index in [1.807, 2.05) is 30.0 Å². The Balaban J connectivity index is 1.93. The molecule has 6 heteroatoms. The second kappa shape index (κ2) is 4.83. The molecule has 124 valence electrons. The average Bonchev–Trinajstić information content (AvgIpc) is 2.64. The summed E-state index contributed by atoms with van der Waals surface area (Å²) in [4.78, 5) is 6.90. The van der Waals surface area contributed by atoms with Crippen LogP contribution in [-0.2, 0) is 16.3 Å². The maximum atomic E-state index is 13.1. The van der Waals surface area contributed by atoms with Crippen molar-refractivity contribution in [3.8, 4) is 11.5 Å². The largest absolute Gasteiger partial charge is 0.451 e. The second-order valence-corrected chi connectivity index (χ2v) is 7.91. The number of sulfone groups is 1. The highest BCUT2D eigenvalue weighted by Crippen LogP contribution is 2.56. The first-order chi connectivity index (χ1) is 12.1. The lowest BCUT2D eigenvalue weighted by atomic mass is 10.1. The third-order valence-corrected chi connectivity index (χ3v) is 6.45. The number of ether oxygens (including phenoxy) is 1. The monoisotopic (exact) mass is 350 g/mol. The molecule has 3 aromatic rings. The highest BCUT2D eigenvalue weighted by atomic mass is 32.2. The molecule has 2 aliphatic rings. The Hall–Kier alpha value is -2.86. The lowest BCUT2D eigenvalue weighted by Crippen LogP contribution is -2.26. The van der Waals surface area contributed by atoms with E-state index in [0.717, 1.165) is 12.0 Å². The highest BCUT2D eigenvalue weighted by Gasteiger charge is 2.40. The van der Waals surface area contributed by atoms with E-state index in [-0.39, 0.29) is 4.90 Å². The van der Waals surface area contributed by atoms with Gasteiger partial charge in [-0.1, -0.05) is 19.1 Å². The Kier molecular flexibility index (Phi) is 2.80. The molecule has 5 nitrogen and oxygen atoms in total. The SMILES string of the molecule is CCc1ccc2c(c1)N1c3ncccc3Oc3cccc(c31)S2(=O)=O. The van der Waals surface area contributed by atoms with Gasteiger partial charge in [-0.2, -0.15) is 0 Å². The first-order valence-electron chi connectivity index (χ1n) is 8.05. The molecule has 0 bridgehead atoms. The number of anilines is 3. The van der Waals surface area contributed by atoms with Gasteiger partial charge in [-0.05, 0) is 48.4 Å². The number of para-hydroxylation sites is 1. The van der Waals surface area contributed by atoms with Crippen LogP contribution in [-0.4, -0.2) is 13.4 Å². The molecule has 0 unspecified atom stereocenters.